The van der Waals surface area contributed by atoms with Gasteiger partial charge in [-0.15, -0.1) is 0 Å². The lowest BCUT2D eigenvalue weighted by Gasteiger charge is -2.36. The van der Waals surface area contributed by atoms with Gasteiger partial charge in [-0.25, -0.2) is 0 Å². The summed E-state index contributed by atoms with van der Waals surface area (Å²) in [7, 11) is 1.76. The Kier molecular flexibility index (Phi) is 4.40. The predicted octanol–water partition coefficient (Wildman–Crippen LogP) is 1.74. The van der Waals surface area contributed by atoms with E-state index in [4.69, 9.17) is 9.84 Å². The van der Waals surface area contributed by atoms with Crippen molar-refractivity contribution in [2.75, 3.05) is 20.2 Å². The second-order valence-electron chi connectivity index (χ2n) is 5.44. The van der Waals surface area contributed by atoms with Crippen LogP contribution in [0.4, 0.5) is 0 Å². The summed E-state index contributed by atoms with van der Waals surface area (Å²) in [5.74, 6) is 0.0439. The highest BCUT2D eigenvalue weighted by atomic mass is 16.5. The van der Waals surface area contributed by atoms with Crippen LogP contribution in [0.1, 0.15) is 38.5 Å². The van der Waals surface area contributed by atoms with Crippen LogP contribution in [0.2, 0.25) is 0 Å². The molecule has 2 saturated carbocycles. The number of ether oxygens (including phenoxy) is 1. The smallest absolute Gasteiger partial charge is 0.317 e. The fraction of sp³-hybridized carbons (Fsp3) is 0.923. The van der Waals surface area contributed by atoms with Crippen molar-refractivity contribution in [3.63, 3.8) is 0 Å². The average molecular weight is 241 g/mol. The zero-order chi connectivity index (χ0) is 12.3. The standard InChI is InChI=1S/C13H23NO3/c1-17-12-4-2-3-11(7-12)14(9-13(15)16)8-10-5-6-10/h10-12H,2-9H2,1H3,(H,15,16). The zero-order valence-corrected chi connectivity index (χ0v) is 10.6. The van der Waals surface area contributed by atoms with Crippen molar-refractivity contribution in [1.82, 2.24) is 4.90 Å². The van der Waals surface area contributed by atoms with E-state index >= 15 is 0 Å². The molecule has 2 unspecified atom stereocenters. The van der Waals surface area contributed by atoms with E-state index in [2.05, 4.69) is 4.90 Å². The minimum atomic E-state index is -0.704. The van der Waals surface area contributed by atoms with Gasteiger partial charge in [0.2, 0.25) is 0 Å². The van der Waals surface area contributed by atoms with Crippen molar-refractivity contribution in [3.05, 3.63) is 0 Å². The number of hydrogen-bond acceptors (Lipinski definition) is 3. The maximum absolute atomic E-state index is 10.9. The molecule has 2 atom stereocenters. The molecule has 1 N–H and O–H groups in total. The Bertz CT molecular complexity index is 265. The number of carbonyl (C=O) groups is 1. The molecular formula is C13H23NO3. The first-order valence-electron chi connectivity index (χ1n) is 6.67. The van der Waals surface area contributed by atoms with E-state index in [1.807, 2.05) is 0 Å². The molecule has 2 fully saturated rings. The van der Waals surface area contributed by atoms with Crippen LogP contribution >= 0.6 is 0 Å². The summed E-state index contributed by atoms with van der Waals surface area (Å²) in [5, 5.41) is 9.00. The largest absolute Gasteiger partial charge is 0.480 e. The number of carboxylic acids is 1. The average Bonchev–Trinajstić information content (AvgIpc) is 3.12. The van der Waals surface area contributed by atoms with Crippen LogP contribution in [0.5, 0.6) is 0 Å². The summed E-state index contributed by atoms with van der Waals surface area (Å²) in [6.45, 7) is 1.16. The summed E-state index contributed by atoms with van der Waals surface area (Å²) in [6.07, 6.45) is 7.27. The van der Waals surface area contributed by atoms with Gasteiger partial charge in [0.05, 0.1) is 12.6 Å². The van der Waals surface area contributed by atoms with E-state index in [0.717, 1.165) is 38.1 Å². The molecule has 2 aliphatic carbocycles. The molecule has 2 aliphatic rings. The molecule has 0 amide bonds. The first-order chi connectivity index (χ1) is 8.19. The van der Waals surface area contributed by atoms with Gasteiger partial charge in [0.1, 0.15) is 0 Å². The normalized spacial score (nSPS) is 29.5. The molecule has 0 aromatic carbocycles. The molecule has 0 bridgehead atoms. The summed E-state index contributed by atoms with van der Waals surface area (Å²) in [6, 6.07) is 0.408. The van der Waals surface area contributed by atoms with Gasteiger partial charge in [0.15, 0.2) is 0 Å². The quantitative estimate of drug-likeness (QED) is 0.769. The molecule has 0 aromatic rings. The molecule has 98 valence electrons. The van der Waals surface area contributed by atoms with Gasteiger partial charge in [0.25, 0.3) is 0 Å². The molecular weight excluding hydrogens is 218 g/mol. The summed E-state index contributed by atoms with van der Waals surface area (Å²) >= 11 is 0. The van der Waals surface area contributed by atoms with Crippen LogP contribution in [-0.2, 0) is 9.53 Å². The summed E-state index contributed by atoms with van der Waals surface area (Å²) < 4.78 is 5.42. The second-order valence-corrected chi connectivity index (χ2v) is 5.44. The van der Waals surface area contributed by atoms with Crippen molar-refractivity contribution in [2.45, 2.75) is 50.7 Å². The van der Waals surface area contributed by atoms with Crippen molar-refractivity contribution >= 4 is 5.97 Å². The Balaban J connectivity index is 1.90. The molecule has 0 aliphatic heterocycles. The third-order valence-corrected chi connectivity index (χ3v) is 3.98. The highest BCUT2D eigenvalue weighted by Crippen LogP contribution is 2.32. The number of carboxylic acid groups (broad SMARTS) is 1. The van der Waals surface area contributed by atoms with Crippen LogP contribution in [-0.4, -0.2) is 48.3 Å². The predicted molar refractivity (Wildman–Crippen MR) is 65.0 cm³/mol. The topological polar surface area (TPSA) is 49.8 Å². The highest BCUT2D eigenvalue weighted by molar-refractivity contribution is 5.69. The molecule has 2 rings (SSSR count). The van der Waals surface area contributed by atoms with Gasteiger partial charge in [-0.2, -0.15) is 0 Å². The number of hydrogen-bond donors (Lipinski definition) is 1. The van der Waals surface area contributed by atoms with Crippen LogP contribution in [0.3, 0.4) is 0 Å². The van der Waals surface area contributed by atoms with Crippen molar-refractivity contribution in [3.8, 4) is 0 Å². The third kappa shape index (κ3) is 3.96. The molecule has 0 spiro atoms. The third-order valence-electron chi connectivity index (χ3n) is 3.98. The molecule has 0 radical (unpaired) electrons. The zero-order valence-electron chi connectivity index (χ0n) is 10.6. The Morgan fingerprint density at radius 3 is 2.71 bits per heavy atom. The first-order valence-corrected chi connectivity index (χ1v) is 6.67. The van der Waals surface area contributed by atoms with Gasteiger partial charge >= 0.3 is 5.97 Å². The van der Waals surface area contributed by atoms with E-state index in [9.17, 15) is 4.79 Å². The molecule has 0 aromatic heterocycles. The lowest BCUT2D eigenvalue weighted by atomic mass is 9.91. The number of rotatable bonds is 6. The fourth-order valence-corrected chi connectivity index (χ4v) is 2.81. The van der Waals surface area contributed by atoms with Gasteiger partial charge in [-0.3, -0.25) is 9.69 Å². The number of methoxy groups -OCH3 is 1. The van der Waals surface area contributed by atoms with E-state index in [1.165, 1.54) is 12.8 Å². The minimum absolute atomic E-state index is 0.192. The van der Waals surface area contributed by atoms with Gasteiger partial charge in [-0.05, 0) is 44.4 Å². The van der Waals surface area contributed by atoms with E-state index in [0.29, 0.717) is 12.1 Å². The first kappa shape index (κ1) is 12.8. The SMILES string of the molecule is COC1CCCC(N(CC(=O)O)CC2CC2)C1. The highest BCUT2D eigenvalue weighted by Gasteiger charge is 2.32. The maximum Gasteiger partial charge on any atom is 0.317 e. The van der Waals surface area contributed by atoms with E-state index in [-0.39, 0.29) is 6.54 Å². The van der Waals surface area contributed by atoms with Gasteiger partial charge in [-0.1, -0.05) is 0 Å². The molecule has 0 heterocycles. The monoisotopic (exact) mass is 241 g/mol. The van der Waals surface area contributed by atoms with Crippen LogP contribution < -0.4 is 0 Å². The van der Waals surface area contributed by atoms with Gasteiger partial charge < -0.3 is 9.84 Å². The van der Waals surface area contributed by atoms with E-state index < -0.39 is 5.97 Å². The summed E-state index contributed by atoms with van der Waals surface area (Å²) in [5.41, 5.74) is 0. The minimum Gasteiger partial charge on any atom is -0.480 e. The molecule has 4 nitrogen and oxygen atoms in total. The lowest BCUT2D eigenvalue weighted by Crippen LogP contribution is -2.44. The Labute approximate surface area is 103 Å². The summed E-state index contributed by atoms with van der Waals surface area (Å²) in [4.78, 5) is 13.1. The Morgan fingerprint density at radius 2 is 2.12 bits per heavy atom. The molecule has 17 heavy (non-hydrogen) atoms. The molecule has 4 heteroatoms. The van der Waals surface area contributed by atoms with E-state index in [1.54, 1.807) is 7.11 Å². The van der Waals surface area contributed by atoms with Crippen LogP contribution in [0, 0.1) is 5.92 Å². The molecule has 0 saturated heterocycles. The number of nitrogens with zero attached hydrogens (tertiary/aromatic N) is 1. The lowest BCUT2D eigenvalue weighted by molar-refractivity contribution is -0.139. The number of aliphatic carboxylic acids is 1. The Hall–Kier alpha value is -0.610. The Morgan fingerprint density at radius 1 is 1.35 bits per heavy atom. The van der Waals surface area contributed by atoms with Crippen LogP contribution in [0.25, 0.3) is 0 Å². The van der Waals surface area contributed by atoms with Crippen molar-refractivity contribution < 1.29 is 14.6 Å². The second kappa shape index (κ2) is 5.83. The van der Waals surface area contributed by atoms with Crippen LogP contribution in [0.15, 0.2) is 0 Å². The maximum atomic E-state index is 10.9. The van der Waals surface area contributed by atoms with Crippen molar-refractivity contribution in [2.24, 2.45) is 5.92 Å². The van der Waals surface area contributed by atoms with Gasteiger partial charge in [0, 0.05) is 19.7 Å². The fourth-order valence-electron chi connectivity index (χ4n) is 2.81. The van der Waals surface area contributed by atoms with Crippen molar-refractivity contribution in [1.29, 1.82) is 0 Å².